The maximum Gasteiger partial charge on any atom is 0.518 e. The first-order chi connectivity index (χ1) is 65.2. The molecule has 0 spiro atoms. The number of esters is 2. The highest BCUT2D eigenvalue weighted by atomic mass is 32.2. The molecule has 0 amide bonds. The summed E-state index contributed by atoms with van der Waals surface area (Å²) in [6.07, 6.45) is 3.13. The molecule has 12 aromatic carbocycles. The van der Waals surface area contributed by atoms with E-state index in [2.05, 4.69) is 65.9 Å². The van der Waals surface area contributed by atoms with Crippen LogP contribution >= 0.6 is 0 Å². The van der Waals surface area contributed by atoms with Gasteiger partial charge in [0, 0.05) is 51.9 Å². The molecule has 52 heteroatoms. The van der Waals surface area contributed by atoms with Crippen molar-refractivity contribution in [2.75, 3.05) is 0 Å². The smallest absolute Gasteiger partial charge is 0.518 e. The van der Waals surface area contributed by atoms with Gasteiger partial charge in [0.15, 0.2) is 0 Å². The Labute approximate surface area is 793 Å². The van der Waals surface area contributed by atoms with Crippen molar-refractivity contribution in [1.82, 2.24) is 0 Å². The highest BCUT2D eigenvalue weighted by Gasteiger charge is 2.50. The maximum absolute atomic E-state index is 12.4. The van der Waals surface area contributed by atoms with Crippen LogP contribution in [0.3, 0.4) is 0 Å². The monoisotopic (exact) mass is 2110 g/mol. The summed E-state index contributed by atoms with van der Waals surface area (Å²) in [6, 6.07) is 53.0. The van der Waals surface area contributed by atoms with Crippen molar-refractivity contribution in [3.8, 4) is 11.5 Å². The van der Waals surface area contributed by atoms with E-state index in [9.17, 15) is 170 Å². The summed E-state index contributed by atoms with van der Waals surface area (Å²) >= 11 is 0. The van der Waals surface area contributed by atoms with Crippen molar-refractivity contribution in [2.45, 2.75) is 60.7 Å². The molecule has 752 valence electrons. The van der Waals surface area contributed by atoms with E-state index in [0.29, 0.717) is 81.7 Å². The van der Waals surface area contributed by atoms with Crippen LogP contribution < -0.4 is 40.1 Å². The average Bonchev–Trinajstić information content (AvgIpc) is 0.785. The van der Waals surface area contributed by atoms with E-state index >= 15 is 0 Å². The van der Waals surface area contributed by atoms with Crippen LogP contribution in [0.4, 0.5) is 79.0 Å². The number of benzene rings is 12. The van der Waals surface area contributed by atoms with E-state index in [4.69, 9.17) is 9.47 Å². The summed E-state index contributed by atoms with van der Waals surface area (Å²) < 4.78 is 377. The van der Waals surface area contributed by atoms with Crippen LogP contribution in [-0.2, 0) is 69.7 Å². The van der Waals surface area contributed by atoms with Crippen molar-refractivity contribution in [3.05, 3.63) is 325 Å². The fourth-order valence-corrected chi connectivity index (χ4v) is 14.0. The zero-order valence-corrected chi connectivity index (χ0v) is 77.0. The van der Waals surface area contributed by atoms with Crippen LogP contribution in [-0.4, -0.2) is 131 Å². The number of hydrogen-bond acceptors (Lipinski definition) is 22. The molecule has 0 aliphatic rings. The van der Waals surface area contributed by atoms with Crippen LogP contribution in [0.2, 0.25) is 0 Å². The van der Waals surface area contributed by atoms with Crippen molar-refractivity contribution >= 4 is 195 Å². The van der Waals surface area contributed by atoms with Gasteiger partial charge in [0.2, 0.25) is 0 Å². The van der Waals surface area contributed by atoms with E-state index in [1.54, 1.807) is 117 Å². The Balaban J connectivity index is 0.000000232. The largest absolute Gasteiger partial charge is 0.858 e. The molecule has 142 heavy (non-hydrogen) atoms. The third-order valence-electron chi connectivity index (χ3n) is 18.1. The summed E-state index contributed by atoms with van der Waals surface area (Å²) in [6.45, 7) is 27.8. The zero-order chi connectivity index (χ0) is 107. The minimum atomic E-state index is -5.99. The number of allylic oxidation sites excluding steroid dienone is 2. The summed E-state index contributed by atoms with van der Waals surface area (Å²) in [5.41, 5.74) is -31.3. The Kier molecular flexibility index (Phi) is 35.4. The molecule has 28 nitrogen and oxygen atoms in total. The predicted molar refractivity (Wildman–Crippen MR) is 483 cm³/mol. The number of alkyl halides is 18. The normalized spacial score (nSPS) is 13.1. The van der Waals surface area contributed by atoms with Gasteiger partial charge >= 0.3 is 105 Å². The summed E-state index contributed by atoms with van der Waals surface area (Å²) in [4.78, 5) is 23.2. The molecule has 0 N–H and O–H groups in total. The first-order valence-electron chi connectivity index (χ1n) is 38.2. The van der Waals surface area contributed by atoms with Gasteiger partial charge in [-0.15, -0.1) is 0 Å². The molecule has 0 atom stereocenters. The van der Waals surface area contributed by atoms with Gasteiger partial charge < -0.3 is 40.1 Å². The molecule has 12 aromatic rings. The second-order valence-corrected chi connectivity index (χ2v) is 38.2. The van der Waals surface area contributed by atoms with Crippen LogP contribution in [0.25, 0.3) is 87.9 Å². The lowest BCUT2D eigenvalue weighted by Gasteiger charge is -2.16. The Hall–Kier alpha value is -15.2. The lowest BCUT2D eigenvalue weighted by atomic mass is 9.96. The van der Waals surface area contributed by atoms with Gasteiger partial charge in [0.25, 0.3) is 0 Å². The predicted octanol–water partition coefficient (Wildman–Crippen LogP) is 15.1. The molecule has 0 fully saturated rings. The number of nitrogens with zero attached hydrogens (tertiary/aromatic N) is 6. The minimum absolute atomic E-state index is 0.0511. The molecule has 0 aliphatic heterocycles. The molecular formula is C90H62F18N6O22S6-6. The standard InChI is InChI=1S/2C16H12F3NO5S.2C15H12F3NO3S.2C14H10F3NO3S/c1-9(2)15(22)25-13-6-5-10-7-12(4-3-11(10)8-13)14(21)20-26(23,24)16(17,18)19;1-9(2)15(22)25-13-8-11(7-10-5-3-4-6-12(10)13)14(21)20-26(23,24)16(17,18)19;1-9(2)13-8-11(7-10-5-3-4-6-12(10)13)14(20)19-23(21,22)15(16,17)18;1-9(2)10-7-8-13(12-6-4-3-5-11(10)12)14(20)19-23(21,22)15(16,17)18;1-2-9-5-3-7-11-10(9)6-4-8-12(11)13(19)18-22(20,21)14(15,16)17;1-2-9-3-4-11-8-12(6-5-10(11)7-9)13(19)18-22(20,21)14(15,16)17/h2*3-8H,1H2,2H3,(H,20,21);2*3-8H,1H2,2H3,(H,19,20);2*2-8H,1H2,(H,18,19)/p-6. The molecule has 0 saturated heterocycles. The molecule has 0 unspecified atom stereocenters. The van der Waals surface area contributed by atoms with E-state index in [1.807, 2.05) is 0 Å². The number of hydrogen-bond donors (Lipinski definition) is 0. The quantitative estimate of drug-likeness (QED) is 0.0171. The number of fused-ring (bicyclic) bond motifs is 6. The number of rotatable bonds is 20. The molecule has 0 aromatic heterocycles. The maximum atomic E-state index is 12.4. The fourth-order valence-electron chi connectivity index (χ4n) is 11.4. The van der Waals surface area contributed by atoms with E-state index in [-0.39, 0.29) is 50.5 Å². The van der Waals surface area contributed by atoms with Gasteiger partial charge in [-0.1, -0.05) is 227 Å². The van der Waals surface area contributed by atoms with Gasteiger partial charge in [-0.25, -0.2) is 9.59 Å². The summed E-state index contributed by atoms with van der Waals surface area (Å²) in [5.74, 6) is -10.4. The van der Waals surface area contributed by atoms with Crippen molar-refractivity contribution < 1.29 is 179 Å². The molecular weight excluding hydrogens is 2050 g/mol. The van der Waals surface area contributed by atoms with Crippen LogP contribution in [0.5, 0.6) is 11.5 Å². The molecule has 0 radical (unpaired) electrons. The summed E-state index contributed by atoms with van der Waals surface area (Å²) in [5, 5.41) is 76.9. The van der Waals surface area contributed by atoms with E-state index in [1.165, 1.54) is 123 Å². The highest BCUT2D eigenvalue weighted by Crippen LogP contribution is 2.37. The molecule has 0 saturated carbocycles. The summed E-state index contributed by atoms with van der Waals surface area (Å²) in [7, 11) is -35.4. The van der Waals surface area contributed by atoms with Gasteiger partial charge in [0.05, 0.1) is 0 Å². The van der Waals surface area contributed by atoms with Gasteiger partial charge in [-0.3, -0.25) is 0 Å². The SMILES string of the molecule is C=C(C)C(=O)Oc1cc(C([O-])=NS(=O)(=O)C(F)(F)F)cc2ccccc12.C=C(C)C(=O)Oc1ccc2cc(C([O-])=NS(=O)(=O)C(F)(F)F)ccc2c1.C=C(C)c1cc(C([O-])=NS(=O)(=O)C(F)(F)F)cc2ccccc12.C=C(C)c1ccc(C([O-])=NS(=O)(=O)C(F)(F)F)c2ccccc12.C=Cc1ccc2cc(C([O-])=NS(=O)(=O)C(F)(F)F)ccc2c1.C=Cc1cccc2c(C([O-])=NS(=O)(=O)C(F)(F)F)cccc12. The molecule has 12 rings (SSSR count). The Morgan fingerprint density at radius 3 is 0.993 bits per heavy atom. The van der Waals surface area contributed by atoms with Crippen LogP contribution in [0.1, 0.15) is 83.3 Å². The van der Waals surface area contributed by atoms with E-state index in [0.717, 1.165) is 34.5 Å². The third-order valence-corrected chi connectivity index (χ3v) is 24.1. The Morgan fingerprint density at radius 1 is 0.282 bits per heavy atom. The zero-order valence-electron chi connectivity index (χ0n) is 72.1. The first-order valence-corrected chi connectivity index (χ1v) is 46.9. The first kappa shape index (κ1) is 114. The second-order valence-electron chi connectivity index (χ2n) is 28.7. The third kappa shape index (κ3) is 28.6. The Morgan fingerprint density at radius 2 is 0.585 bits per heavy atom. The number of carbonyl (C=O) groups excluding carboxylic acids is 2. The Bertz CT molecular complexity index is 8040. The molecule has 0 aliphatic carbocycles. The van der Waals surface area contributed by atoms with Crippen LogP contribution in [0.15, 0.2) is 295 Å². The number of sulfonamides is 6. The van der Waals surface area contributed by atoms with Crippen molar-refractivity contribution in [2.24, 2.45) is 26.4 Å². The lowest BCUT2D eigenvalue weighted by Crippen LogP contribution is -2.27. The van der Waals surface area contributed by atoms with E-state index < -0.39 is 146 Å². The topological polar surface area (TPSA) is 470 Å². The minimum Gasteiger partial charge on any atom is -0.858 e. The van der Waals surface area contributed by atoms with Gasteiger partial charge in [0.1, 0.15) is 11.5 Å². The number of carbonyl (C=O) groups is 2. The fraction of sp³-hybridized carbons (Fsp3) is 0.111. The van der Waals surface area contributed by atoms with Crippen LogP contribution in [0, 0.1) is 0 Å². The highest BCUT2D eigenvalue weighted by molar-refractivity contribution is 7.92. The van der Waals surface area contributed by atoms with Gasteiger partial charge in [-0.2, -0.15) is 156 Å². The number of halogens is 18. The van der Waals surface area contributed by atoms with Crippen molar-refractivity contribution in [3.63, 3.8) is 0 Å². The van der Waals surface area contributed by atoms with Crippen molar-refractivity contribution in [1.29, 1.82) is 0 Å². The number of ether oxygens (including phenoxy) is 2. The van der Waals surface area contributed by atoms with Gasteiger partial charge in [-0.05, 0) is 197 Å². The molecule has 0 heterocycles. The lowest BCUT2D eigenvalue weighted by molar-refractivity contribution is -0.213. The average molecular weight is 2110 g/mol. The second kappa shape index (κ2) is 44.1. The molecule has 0 bridgehead atoms.